The maximum atomic E-state index is 5.99. The van der Waals surface area contributed by atoms with Crippen LogP contribution in [0.3, 0.4) is 0 Å². The van der Waals surface area contributed by atoms with Gasteiger partial charge in [-0.25, -0.2) is 0 Å². The van der Waals surface area contributed by atoms with Crippen LogP contribution in [0, 0.1) is 0 Å². The number of rotatable bonds is 3. The van der Waals surface area contributed by atoms with Gasteiger partial charge in [0, 0.05) is 0 Å². The SMILES string of the molecule is CN(C)C(=[Se])O[Si](C)(C)C(C)(C)C. The zero-order valence-electron chi connectivity index (χ0n) is 9.76. The second-order valence-corrected chi connectivity index (χ2v) is 10.5. The van der Waals surface area contributed by atoms with E-state index in [1.807, 2.05) is 19.0 Å². The second-order valence-electron chi connectivity index (χ2n) is 5.02. The van der Waals surface area contributed by atoms with E-state index in [0.717, 1.165) is 4.73 Å². The van der Waals surface area contributed by atoms with Gasteiger partial charge in [0.05, 0.1) is 0 Å². The van der Waals surface area contributed by atoms with Crippen molar-refractivity contribution in [2.75, 3.05) is 14.1 Å². The summed E-state index contributed by atoms with van der Waals surface area (Å²) < 4.78 is 6.88. The third kappa shape index (κ3) is 3.84. The van der Waals surface area contributed by atoms with Crippen molar-refractivity contribution in [1.82, 2.24) is 4.90 Å². The maximum absolute atomic E-state index is 5.99. The molecule has 0 aromatic rings. The molecular formula is C9H21NOSeSi. The Bertz CT molecular complexity index is 196. The average Bonchev–Trinajstić information content (AvgIpc) is 1.83. The third-order valence-electron chi connectivity index (χ3n) is 2.51. The van der Waals surface area contributed by atoms with E-state index in [-0.39, 0.29) is 5.04 Å². The molecule has 0 atom stereocenters. The van der Waals surface area contributed by atoms with E-state index < -0.39 is 8.32 Å². The average molecular weight is 266 g/mol. The molecule has 0 amide bonds. The fourth-order valence-electron chi connectivity index (χ4n) is 0.463. The van der Waals surface area contributed by atoms with Gasteiger partial charge in [-0.2, -0.15) is 0 Å². The first-order valence-electron chi connectivity index (χ1n) is 4.48. The van der Waals surface area contributed by atoms with Crippen LogP contribution in [0.25, 0.3) is 0 Å². The molecule has 0 aliphatic rings. The molecule has 4 heteroatoms. The van der Waals surface area contributed by atoms with Gasteiger partial charge >= 0.3 is 90.9 Å². The van der Waals surface area contributed by atoms with Crippen molar-refractivity contribution in [2.45, 2.75) is 38.9 Å². The zero-order chi connectivity index (χ0) is 10.9. The zero-order valence-corrected chi connectivity index (χ0v) is 12.5. The van der Waals surface area contributed by atoms with Crippen LogP contribution in [-0.2, 0) is 4.43 Å². The van der Waals surface area contributed by atoms with Gasteiger partial charge < -0.3 is 0 Å². The van der Waals surface area contributed by atoms with Crippen LogP contribution in [0.1, 0.15) is 20.8 Å². The van der Waals surface area contributed by atoms with Gasteiger partial charge in [0.2, 0.25) is 0 Å². The van der Waals surface area contributed by atoms with Crippen molar-refractivity contribution in [2.24, 2.45) is 0 Å². The van der Waals surface area contributed by atoms with Crippen LogP contribution in [0.4, 0.5) is 0 Å². The van der Waals surface area contributed by atoms with Gasteiger partial charge in [0.1, 0.15) is 0 Å². The fourth-order valence-corrected chi connectivity index (χ4v) is 2.70. The van der Waals surface area contributed by atoms with Gasteiger partial charge in [0.15, 0.2) is 0 Å². The van der Waals surface area contributed by atoms with Gasteiger partial charge in [-0.15, -0.1) is 0 Å². The molecule has 0 unspecified atom stereocenters. The number of hydrogen-bond donors (Lipinski definition) is 0. The summed E-state index contributed by atoms with van der Waals surface area (Å²) in [7, 11) is 2.33. The minimum absolute atomic E-state index is 0.262. The molecule has 0 aliphatic carbocycles. The van der Waals surface area contributed by atoms with Gasteiger partial charge in [0.25, 0.3) is 0 Å². The Kier molecular flexibility index (Phi) is 4.22. The summed E-state index contributed by atoms with van der Waals surface area (Å²) in [6.07, 6.45) is 0. The molecule has 0 aromatic heterocycles. The molecule has 0 rings (SSSR count). The van der Waals surface area contributed by atoms with Crippen molar-refractivity contribution in [3.63, 3.8) is 0 Å². The first-order valence-corrected chi connectivity index (χ1v) is 8.25. The standard InChI is InChI=1S/C9H21NOSeSi/c1-9(2,3)13(6,7)11-8(12)10(4)5/h1-7H3. The quantitative estimate of drug-likeness (QED) is 0.723. The molecule has 0 fully saturated rings. The molecule has 0 radical (unpaired) electrons. The minimum atomic E-state index is -1.64. The summed E-state index contributed by atoms with van der Waals surface area (Å²) in [5.41, 5.74) is 0. The molecular weight excluding hydrogens is 245 g/mol. The first-order chi connectivity index (χ1) is 5.58. The molecule has 0 saturated carbocycles. The van der Waals surface area contributed by atoms with E-state index in [2.05, 4.69) is 49.4 Å². The molecule has 78 valence electrons. The fraction of sp³-hybridized carbons (Fsp3) is 0.889. The molecule has 2 nitrogen and oxygen atoms in total. The Labute approximate surface area is 91.1 Å². The Morgan fingerprint density at radius 1 is 1.23 bits per heavy atom. The van der Waals surface area contributed by atoms with E-state index in [4.69, 9.17) is 4.43 Å². The Hall–Kier alpha value is 0.206. The number of hydrogen-bond acceptors (Lipinski definition) is 2. The molecule has 0 aliphatic heterocycles. The molecule has 0 heterocycles. The third-order valence-corrected chi connectivity index (χ3v) is 8.10. The van der Waals surface area contributed by atoms with Gasteiger partial charge in [-0.05, 0) is 0 Å². The summed E-state index contributed by atoms with van der Waals surface area (Å²) in [5.74, 6) is 0. The summed E-state index contributed by atoms with van der Waals surface area (Å²) >= 11 is 2.96. The molecule has 0 spiro atoms. The van der Waals surface area contributed by atoms with E-state index in [9.17, 15) is 0 Å². The Balaban J connectivity index is 4.44. The molecule has 0 bridgehead atoms. The second kappa shape index (κ2) is 4.16. The summed E-state index contributed by atoms with van der Waals surface area (Å²) in [6.45, 7) is 11.2. The van der Waals surface area contributed by atoms with E-state index in [0.29, 0.717) is 0 Å². The van der Waals surface area contributed by atoms with Crippen molar-refractivity contribution in [3.05, 3.63) is 0 Å². The summed E-state index contributed by atoms with van der Waals surface area (Å²) in [4.78, 5) is 1.97. The summed E-state index contributed by atoms with van der Waals surface area (Å²) in [5, 5.41) is 0.262. The van der Waals surface area contributed by atoms with E-state index >= 15 is 0 Å². The van der Waals surface area contributed by atoms with E-state index in [1.54, 1.807) is 0 Å². The van der Waals surface area contributed by atoms with Gasteiger partial charge in [-0.3, -0.25) is 0 Å². The Morgan fingerprint density at radius 3 is 1.85 bits per heavy atom. The monoisotopic (exact) mass is 267 g/mol. The van der Waals surface area contributed by atoms with Crippen LogP contribution in [0.2, 0.25) is 18.1 Å². The molecule has 0 aromatic carbocycles. The predicted octanol–water partition coefficient (Wildman–Crippen LogP) is 1.83. The van der Waals surface area contributed by atoms with Crippen molar-refractivity contribution in [3.8, 4) is 0 Å². The normalized spacial score (nSPS) is 12.5. The predicted molar refractivity (Wildman–Crippen MR) is 62.7 cm³/mol. The van der Waals surface area contributed by atoms with Crippen molar-refractivity contribution in [1.29, 1.82) is 0 Å². The number of nitrogens with zero attached hydrogens (tertiary/aromatic N) is 1. The molecule has 13 heavy (non-hydrogen) atoms. The van der Waals surface area contributed by atoms with Crippen LogP contribution >= 0.6 is 0 Å². The van der Waals surface area contributed by atoms with Crippen molar-refractivity contribution < 1.29 is 4.43 Å². The molecule has 0 N–H and O–H groups in total. The summed E-state index contributed by atoms with van der Waals surface area (Å²) in [6, 6.07) is 0. The van der Waals surface area contributed by atoms with Crippen LogP contribution < -0.4 is 0 Å². The topological polar surface area (TPSA) is 12.5 Å². The first kappa shape index (κ1) is 13.2. The van der Waals surface area contributed by atoms with Crippen LogP contribution in [0.5, 0.6) is 0 Å². The molecule has 0 saturated heterocycles. The van der Waals surface area contributed by atoms with Crippen molar-refractivity contribution >= 4 is 28.6 Å². The van der Waals surface area contributed by atoms with E-state index in [1.165, 1.54) is 0 Å². The van der Waals surface area contributed by atoms with Crippen LogP contribution in [0.15, 0.2) is 0 Å². The van der Waals surface area contributed by atoms with Crippen LogP contribution in [-0.4, -0.2) is 47.6 Å². The van der Waals surface area contributed by atoms with Gasteiger partial charge in [-0.1, -0.05) is 0 Å². The Morgan fingerprint density at radius 2 is 1.62 bits per heavy atom.